The highest BCUT2D eigenvalue weighted by atomic mass is 19.1. The number of halogens is 1. The molecule has 0 unspecified atom stereocenters. The number of aromatic nitrogens is 6. The van der Waals surface area contributed by atoms with Crippen molar-refractivity contribution >= 4 is 49.4 Å². The molecule has 2 saturated heterocycles. The molecule has 2 aliphatic rings. The zero-order valence-corrected chi connectivity index (χ0v) is 30.6. The van der Waals surface area contributed by atoms with Gasteiger partial charge in [0.1, 0.15) is 5.82 Å². The predicted molar refractivity (Wildman–Crippen MR) is 218 cm³/mol. The van der Waals surface area contributed by atoms with Crippen molar-refractivity contribution in [1.29, 1.82) is 0 Å². The molecule has 5 N–H and O–H groups in total. The number of rotatable bonds is 5. The Morgan fingerprint density at radius 2 is 1.09 bits per heavy atom. The van der Waals surface area contributed by atoms with E-state index < -0.39 is 5.95 Å². The first-order chi connectivity index (χ1) is 27.1. The van der Waals surface area contributed by atoms with Gasteiger partial charge >= 0.3 is 0 Å². The maximum absolute atomic E-state index is 12.9. The average molecular weight is 737 g/mol. The van der Waals surface area contributed by atoms with Crippen molar-refractivity contribution in [2.24, 2.45) is 11.8 Å². The van der Waals surface area contributed by atoms with Gasteiger partial charge < -0.3 is 30.4 Å². The van der Waals surface area contributed by atoms with Gasteiger partial charge in [-0.05, 0) is 110 Å². The van der Waals surface area contributed by atoms with E-state index in [1.54, 1.807) is 18.5 Å². The topological polar surface area (TPSA) is 139 Å². The second kappa shape index (κ2) is 16.7. The van der Waals surface area contributed by atoms with Gasteiger partial charge in [-0.15, -0.1) is 0 Å². The largest absolute Gasteiger partial charge is 0.396 e. The molecule has 0 bridgehead atoms. The van der Waals surface area contributed by atoms with Gasteiger partial charge in [0.05, 0.1) is 0 Å². The molecular weight excluding hydrogens is 692 g/mol. The van der Waals surface area contributed by atoms with Crippen LogP contribution >= 0.6 is 0 Å². The van der Waals surface area contributed by atoms with E-state index in [0.29, 0.717) is 25.0 Å². The monoisotopic (exact) mass is 736 g/mol. The first-order valence-corrected chi connectivity index (χ1v) is 19.0. The number of anilines is 1. The molecule has 280 valence electrons. The molecule has 0 radical (unpaired) electrons. The number of hydrogen-bond donors (Lipinski definition) is 5. The molecule has 0 aliphatic carbocycles. The van der Waals surface area contributed by atoms with Crippen molar-refractivity contribution in [2.75, 3.05) is 44.3 Å². The molecule has 2 aromatic carbocycles. The van der Waals surface area contributed by atoms with Crippen LogP contribution < -0.4 is 10.2 Å². The zero-order valence-electron chi connectivity index (χ0n) is 30.6. The van der Waals surface area contributed by atoms with Crippen molar-refractivity contribution in [3.63, 3.8) is 0 Å². The van der Waals surface area contributed by atoms with Crippen molar-refractivity contribution < 1.29 is 14.6 Å². The summed E-state index contributed by atoms with van der Waals surface area (Å²) in [5.74, 6) is 1.58. The summed E-state index contributed by atoms with van der Waals surface area (Å²) in [5.41, 5.74) is 8.49. The summed E-state index contributed by atoms with van der Waals surface area (Å²) >= 11 is 0. The van der Waals surface area contributed by atoms with E-state index in [-0.39, 0.29) is 0 Å². The Morgan fingerprint density at radius 1 is 0.564 bits per heavy atom. The van der Waals surface area contributed by atoms with Gasteiger partial charge in [0.25, 0.3) is 0 Å². The maximum atomic E-state index is 12.9. The highest BCUT2D eigenvalue weighted by Gasteiger charge is 2.19. The molecule has 2 aliphatic heterocycles. The average Bonchev–Trinajstić information content (AvgIpc) is 3.82. The number of pyridine rings is 4. The number of benzene rings is 2. The molecule has 11 heteroatoms. The summed E-state index contributed by atoms with van der Waals surface area (Å²) in [5, 5.41) is 25.8. The molecule has 2 fully saturated rings. The Kier molecular flexibility index (Phi) is 11.0. The fourth-order valence-corrected chi connectivity index (χ4v) is 7.55. The van der Waals surface area contributed by atoms with Crippen LogP contribution in [0.15, 0.2) is 110 Å². The third-order valence-corrected chi connectivity index (χ3v) is 10.9. The van der Waals surface area contributed by atoms with Crippen LogP contribution in [0.25, 0.3) is 65.9 Å². The standard InChI is InChI=1S/C22H22N4O.C16H10FN3.C6H13NO/c27-14-15-6-9-26(10-7-15)22-4-2-17(12-24-22)16-1-3-18-19-13-23-8-5-20(19)25-21(18)11-16;17-16-4-2-11(8-19-16)10-1-3-12-13-9-18-6-5-14(13)20-15(12)7-10;8-5-6-1-3-7-4-2-6/h1-5,8,11-13,15,25,27H,6-7,9-10,14H2;1-9,20H;6-8H,1-5H2. The first-order valence-electron chi connectivity index (χ1n) is 19.0. The molecule has 0 spiro atoms. The van der Waals surface area contributed by atoms with Crippen LogP contribution in [0.3, 0.4) is 0 Å². The number of fused-ring (bicyclic) bond motifs is 6. The lowest BCUT2D eigenvalue weighted by Crippen LogP contribution is -2.35. The summed E-state index contributed by atoms with van der Waals surface area (Å²) < 4.78 is 12.9. The number of hydrogen-bond acceptors (Lipinski definition) is 8. The summed E-state index contributed by atoms with van der Waals surface area (Å²) in [7, 11) is 0. The zero-order chi connectivity index (χ0) is 37.6. The molecule has 10 nitrogen and oxygen atoms in total. The summed E-state index contributed by atoms with van der Waals surface area (Å²) in [6.45, 7) is 4.78. The molecule has 6 aromatic heterocycles. The summed E-state index contributed by atoms with van der Waals surface area (Å²) in [6.07, 6.45) is 15.2. The maximum Gasteiger partial charge on any atom is 0.212 e. The lowest BCUT2D eigenvalue weighted by atomic mass is 9.98. The van der Waals surface area contributed by atoms with E-state index in [9.17, 15) is 9.50 Å². The number of nitrogens with one attached hydrogen (secondary N) is 3. The molecule has 8 heterocycles. The number of piperidine rings is 2. The van der Waals surface area contributed by atoms with Gasteiger partial charge in [-0.1, -0.05) is 24.3 Å². The number of aliphatic hydroxyl groups is 2. The van der Waals surface area contributed by atoms with E-state index in [1.807, 2.05) is 49.1 Å². The lowest BCUT2D eigenvalue weighted by molar-refractivity contribution is 0.196. The van der Waals surface area contributed by atoms with E-state index in [1.165, 1.54) is 11.5 Å². The molecular formula is C44H45FN8O2. The molecule has 8 aromatic rings. The number of aliphatic hydroxyl groups excluding tert-OH is 2. The molecule has 55 heavy (non-hydrogen) atoms. The van der Waals surface area contributed by atoms with Crippen LogP contribution in [0.1, 0.15) is 25.7 Å². The highest BCUT2D eigenvalue weighted by Crippen LogP contribution is 2.31. The normalized spacial score (nSPS) is 15.2. The van der Waals surface area contributed by atoms with Crippen molar-refractivity contribution in [3.05, 3.63) is 116 Å². The Bertz CT molecular complexity index is 2490. The summed E-state index contributed by atoms with van der Waals surface area (Å²) in [6, 6.07) is 23.9. The second-order valence-corrected chi connectivity index (χ2v) is 14.4. The molecule has 10 rings (SSSR count). The Morgan fingerprint density at radius 3 is 1.58 bits per heavy atom. The Balaban J connectivity index is 0.000000133. The second-order valence-electron chi connectivity index (χ2n) is 14.4. The van der Waals surface area contributed by atoms with Gasteiger partial charge in [-0.2, -0.15) is 4.39 Å². The van der Waals surface area contributed by atoms with Gasteiger partial charge in [0.15, 0.2) is 0 Å². The van der Waals surface area contributed by atoms with Crippen molar-refractivity contribution in [3.8, 4) is 22.3 Å². The van der Waals surface area contributed by atoms with E-state index in [4.69, 9.17) is 10.1 Å². The van der Waals surface area contributed by atoms with Crippen LogP contribution in [-0.2, 0) is 0 Å². The number of H-pyrrole nitrogens is 2. The van der Waals surface area contributed by atoms with Crippen LogP contribution in [0.4, 0.5) is 10.2 Å². The van der Waals surface area contributed by atoms with Crippen LogP contribution in [-0.4, -0.2) is 79.5 Å². The van der Waals surface area contributed by atoms with Gasteiger partial charge in [-0.3, -0.25) is 9.97 Å². The smallest absolute Gasteiger partial charge is 0.212 e. The van der Waals surface area contributed by atoms with Crippen molar-refractivity contribution in [2.45, 2.75) is 25.7 Å². The lowest BCUT2D eigenvalue weighted by Gasteiger charge is -2.32. The van der Waals surface area contributed by atoms with Gasteiger partial charge in [0.2, 0.25) is 5.95 Å². The minimum atomic E-state index is -0.466. The molecule has 0 atom stereocenters. The first kappa shape index (κ1) is 36.2. The fourth-order valence-electron chi connectivity index (χ4n) is 7.55. The molecule has 0 saturated carbocycles. The number of aromatic amines is 2. The third kappa shape index (κ3) is 8.19. The SMILES string of the molecule is Fc1ccc(-c2ccc3c(c2)[nH]c2ccncc23)cn1.OCC1CCN(c2ccc(-c3ccc4c(c3)[nH]c3ccncc34)cn2)CC1.OCC1CCNCC1. The van der Waals surface area contributed by atoms with Crippen molar-refractivity contribution in [1.82, 2.24) is 35.2 Å². The predicted octanol–water partition coefficient (Wildman–Crippen LogP) is 7.88. The van der Waals surface area contributed by atoms with E-state index in [0.717, 1.165) is 118 Å². The minimum absolute atomic E-state index is 0.298. The minimum Gasteiger partial charge on any atom is -0.396 e. The highest BCUT2D eigenvalue weighted by molar-refractivity contribution is 6.08. The van der Waals surface area contributed by atoms with Gasteiger partial charge in [0, 0.05) is 118 Å². The summed E-state index contributed by atoms with van der Waals surface area (Å²) in [4.78, 5) is 25.9. The Labute approximate surface area is 318 Å². The van der Waals surface area contributed by atoms with E-state index >= 15 is 0 Å². The third-order valence-electron chi connectivity index (χ3n) is 10.9. The fraction of sp³-hybridized carbons (Fsp3) is 0.273. The van der Waals surface area contributed by atoms with E-state index in [2.05, 4.69) is 71.5 Å². The Hall–Kier alpha value is -5.75. The van der Waals surface area contributed by atoms with Crippen LogP contribution in [0, 0.1) is 17.8 Å². The van der Waals surface area contributed by atoms with Crippen LogP contribution in [0.5, 0.6) is 0 Å². The number of nitrogens with zero attached hydrogens (tertiary/aromatic N) is 5. The quantitative estimate of drug-likeness (QED) is 0.113. The van der Waals surface area contributed by atoms with Crippen LogP contribution in [0.2, 0.25) is 0 Å². The van der Waals surface area contributed by atoms with Gasteiger partial charge in [-0.25, -0.2) is 9.97 Å². The molecule has 0 amide bonds.